The molecule has 158 valence electrons. The predicted octanol–water partition coefficient (Wildman–Crippen LogP) is 4.52. The quantitative estimate of drug-likeness (QED) is 0.413. The molecule has 2 aromatic heterocycles. The van der Waals surface area contributed by atoms with E-state index in [2.05, 4.69) is 9.97 Å². The highest BCUT2D eigenvalue weighted by molar-refractivity contribution is 7.90. The topological polar surface area (TPSA) is 80.2 Å². The lowest BCUT2D eigenvalue weighted by atomic mass is 10.1. The van der Waals surface area contributed by atoms with Gasteiger partial charge in [0.15, 0.2) is 15.0 Å². The molecule has 0 unspecified atom stereocenters. The summed E-state index contributed by atoms with van der Waals surface area (Å²) in [6.45, 7) is 0.311. The molecule has 0 radical (unpaired) electrons. The highest BCUT2D eigenvalue weighted by Crippen LogP contribution is 2.33. The molecule has 6 nitrogen and oxygen atoms in total. The molecule has 31 heavy (non-hydrogen) atoms. The van der Waals surface area contributed by atoms with Gasteiger partial charge in [0.2, 0.25) is 5.91 Å². The molecule has 0 fully saturated rings. The molecular weight excluding hydrogens is 454 g/mol. The van der Waals surface area contributed by atoms with Crippen molar-refractivity contribution in [2.45, 2.75) is 17.9 Å². The molecule has 0 saturated carbocycles. The van der Waals surface area contributed by atoms with E-state index >= 15 is 0 Å². The van der Waals surface area contributed by atoms with E-state index in [9.17, 15) is 13.2 Å². The van der Waals surface area contributed by atoms with Crippen molar-refractivity contribution in [3.63, 3.8) is 0 Å². The van der Waals surface area contributed by atoms with Gasteiger partial charge >= 0.3 is 0 Å². The lowest BCUT2D eigenvalue weighted by Gasteiger charge is -2.20. The van der Waals surface area contributed by atoms with Crippen molar-refractivity contribution in [2.75, 3.05) is 11.2 Å². The van der Waals surface area contributed by atoms with Crippen molar-refractivity contribution < 1.29 is 13.2 Å². The number of hydrogen-bond donors (Lipinski definition) is 0. The van der Waals surface area contributed by atoms with Crippen LogP contribution >= 0.6 is 22.9 Å². The van der Waals surface area contributed by atoms with E-state index in [1.54, 1.807) is 35.5 Å². The summed E-state index contributed by atoms with van der Waals surface area (Å²) in [4.78, 5) is 23.9. The second kappa shape index (κ2) is 8.74. The summed E-state index contributed by atoms with van der Waals surface area (Å²) in [7, 11) is -3.29. The molecule has 0 bridgehead atoms. The van der Waals surface area contributed by atoms with Crippen LogP contribution in [0.2, 0.25) is 5.02 Å². The summed E-state index contributed by atoms with van der Waals surface area (Å²) in [5.74, 6) is -0.161. The minimum Gasteiger partial charge on any atom is -0.283 e. The SMILES string of the molecule is CS(=O)(=O)c1ccc(CC(=O)N(Cc2cccnc2)c2nc3c(Cl)cccc3s2)cc1. The van der Waals surface area contributed by atoms with Gasteiger partial charge in [-0.05, 0) is 41.5 Å². The lowest BCUT2D eigenvalue weighted by Crippen LogP contribution is -2.31. The number of para-hydroxylation sites is 1. The number of carbonyl (C=O) groups excluding carboxylic acids is 1. The molecule has 0 aliphatic rings. The fourth-order valence-corrected chi connectivity index (χ4v) is 4.99. The monoisotopic (exact) mass is 471 g/mol. The van der Waals surface area contributed by atoms with Gasteiger partial charge in [0, 0.05) is 18.6 Å². The zero-order valence-electron chi connectivity index (χ0n) is 16.5. The number of rotatable bonds is 6. The number of benzene rings is 2. The van der Waals surface area contributed by atoms with Gasteiger partial charge < -0.3 is 0 Å². The Morgan fingerprint density at radius 2 is 1.84 bits per heavy atom. The summed E-state index contributed by atoms with van der Waals surface area (Å²) in [5.41, 5.74) is 2.24. The minimum absolute atomic E-state index is 0.105. The first-order chi connectivity index (χ1) is 14.8. The fraction of sp³-hybridized carbons (Fsp3) is 0.136. The Morgan fingerprint density at radius 3 is 2.48 bits per heavy atom. The van der Waals surface area contributed by atoms with E-state index in [0.717, 1.165) is 16.5 Å². The maximum absolute atomic E-state index is 13.3. The Hall–Kier alpha value is -2.81. The van der Waals surface area contributed by atoms with Crippen LogP contribution in [0, 0.1) is 0 Å². The summed E-state index contributed by atoms with van der Waals surface area (Å²) < 4.78 is 24.2. The standard InChI is InChI=1S/C22H18ClN3O3S2/c1-31(28,29)17-9-7-15(8-10-17)12-20(27)26(14-16-4-3-11-24-13-16)22-25-21-18(23)5-2-6-19(21)30-22/h2-11,13H,12,14H2,1H3. The van der Waals surface area contributed by atoms with Crippen LogP contribution in [-0.2, 0) is 27.6 Å². The maximum Gasteiger partial charge on any atom is 0.233 e. The Balaban J connectivity index is 1.66. The van der Waals surface area contributed by atoms with Gasteiger partial charge in [-0.3, -0.25) is 14.7 Å². The smallest absolute Gasteiger partial charge is 0.233 e. The molecule has 0 N–H and O–H groups in total. The number of pyridine rings is 1. The molecule has 2 heterocycles. The predicted molar refractivity (Wildman–Crippen MR) is 123 cm³/mol. The number of hydrogen-bond acceptors (Lipinski definition) is 6. The van der Waals surface area contributed by atoms with Crippen LogP contribution in [0.25, 0.3) is 10.2 Å². The highest BCUT2D eigenvalue weighted by atomic mass is 35.5. The van der Waals surface area contributed by atoms with Crippen LogP contribution in [0.1, 0.15) is 11.1 Å². The van der Waals surface area contributed by atoms with Gasteiger partial charge in [-0.25, -0.2) is 13.4 Å². The van der Waals surface area contributed by atoms with Gasteiger partial charge in [0.1, 0.15) is 5.52 Å². The molecule has 4 aromatic rings. The van der Waals surface area contributed by atoms with Crippen LogP contribution < -0.4 is 4.90 Å². The summed E-state index contributed by atoms with van der Waals surface area (Å²) in [6, 6.07) is 15.6. The molecule has 0 atom stereocenters. The van der Waals surface area contributed by atoms with Crippen molar-refractivity contribution in [2.24, 2.45) is 0 Å². The molecule has 1 amide bonds. The lowest BCUT2D eigenvalue weighted by molar-refractivity contribution is -0.118. The van der Waals surface area contributed by atoms with E-state index in [1.165, 1.54) is 23.5 Å². The highest BCUT2D eigenvalue weighted by Gasteiger charge is 2.21. The number of amides is 1. The van der Waals surface area contributed by atoms with Crippen molar-refractivity contribution in [3.8, 4) is 0 Å². The molecular formula is C22H18ClN3O3S2. The number of thiazole rings is 1. The van der Waals surface area contributed by atoms with Crippen LogP contribution in [0.5, 0.6) is 0 Å². The van der Waals surface area contributed by atoms with E-state index in [4.69, 9.17) is 11.6 Å². The Labute approximate surface area is 189 Å². The van der Waals surface area contributed by atoms with E-state index < -0.39 is 9.84 Å². The van der Waals surface area contributed by atoms with Crippen molar-refractivity contribution in [1.29, 1.82) is 0 Å². The number of halogens is 1. The van der Waals surface area contributed by atoms with Crippen molar-refractivity contribution >= 4 is 54.0 Å². The number of carbonyl (C=O) groups is 1. The summed E-state index contributed by atoms with van der Waals surface area (Å²) in [6.07, 6.45) is 4.65. The number of aromatic nitrogens is 2. The van der Waals surface area contributed by atoms with Crippen molar-refractivity contribution in [1.82, 2.24) is 9.97 Å². The molecule has 2 aromatic carbocycles. The van der Waals surface area contributed by atoms with E-state index in [1.807, 2.05) is 24.3 Å². The van der Waals surface area contributed by atoms with Crippen LogP contribution in [0.15, 0.2) is 71.9 Å². The Morgan fingerprint density at radius 1 is 1.06 bits per heavy atom. The second-order valence-electron chi connectivity index (χ2n) is 7.02. The average molecular weight is 472 g/mol. The van der Waals surface area contributed by atoms with E-state index in [-0.39, 0.29) is 17.2 Å². The first-order valence-corrected chi connectivity index (χ1v) is 12.4. The fourth-order valence-electron chi connectivity index (χ4n) is 3.08. The van der Waals surface area contributed by atoms with Crippen LogP contribution in [-0.4, -0.2) is 30.5 Å². The molecule has 9 heteroatoms. The zero-order chi connectivity index (χ0) is 22.0. The van der Waals surface area contributed by atoms with Gasteiger partial charge in [-0.2, -0.15) is 0 Å². The summed E-state index contributed by atoms with van der Waals surface area (Å²) in [5, 5.41) is 1.08. The van der Waals surface area contributed by atoms with Gasteiger partial charge in [0.25, 0.3) is 0 Å². The zero-order valence-corrected chi connectivity index (χ0v) is 18.9. The first-order valence-electron chi connectivity index (χ1n) is 9.34. The second-order valence-corrected chi connectivity index (χ2v) is 10.4. The van der Waals surface area contributed by atoms with Gasteiger partial charge in [0.05, 0.1) is 27.6 Å². The van der Waals surface area contributed by atoms with Crippen LogP contribution in [0.4, 0.5) is 5.13 Å². The normalized spacial score (nSPS) is 11.5. The molecule has 0 aliphatic carbocycles. The molecule has 4 rings (SSSR count). The Kier molecular flexibility index (Phi) is 6.04. The molecule has 0 aliphatic heterocycles. The third-order valence-electron chi connectivity index (χ3n) is 4.66. The molecule has 0 saturated heterocycles. The largest absolute Gasteiger partial charge is 0.283 e. The third-order valence-corrected chi connectivity index (χ3v) is 7.14. The van der Waals surface area contributed by atoms with Crippen molar-refractivity contribution in [3.05, 3.63) is 83.1 Å². The van der Waals surface area contributed by atoms with Gasteiger partial charge in [-0.15, -0.1) is 0 Å². The average Bonchev–Trinajstić information content (AvgIpc) is 3.18. The number of nitrogens with zero attached hydrogens (tertiary/aromatic N) is 3. The number of fused-ring (bicyclic) bond motifs is 1. The third kappa shape index (κ3) is 4.92. The summed E-state index contributed by atoms with van der Waals surface area (Å²) >= 11 is 7.67. The minimum atomic E-state index is -3.29. The number of anilines is 1. The maximum atomic E-state index is 13.3. The molecule has 0 spiro atoms. The van der Waals surface area contributed by atoms with Crippen LogP contribution in [0.3, 0.4) is 0 Å². The number of sulfone groups is 1. The first kappa shape index (κ1) is 21.4. The van der Waals surface area contributed by atoms with E-state index in [0.29, 0.717) is 27.8 Å². The Bertz CT molecular complexity index is 1340. The van der Waals surface area contributed by atoms with Gasteiger partial charge in [-0.1, -0.05) is 47.2 Å².